The number of rotatable bonds is 9. The summed E-state index contributed by atoms with van der Waals surface area (Å²) >= 11 is 12.0. The molecule has 3 aromatic rings. The van der Waals surface area contributed by atoms with Crippen molar-refractivity contribution in [3.8, 4) is 5.75 Å². The summed E-state index contributed by atoms with van der Waals surface area (Å²) in [5.41, 5.74) is 0.715. The number of nitrogens with one attached hydrogen (secondary N) is 1. The number of nitrogens with zero attached hydrogens (tertiary/aromatic N) is 5. The largest absolute Gasteiger partial charge is 0.414 e. The summed E-state index contributed by atoms with van der Waals surface area (Å²) in [4.78, 5) is 24.2. The second kappa shape index (κ2) is 11.8. The molecule has 13 heteroatoms. The van der Waals surface area contributed by atoms with Gasteiger partial charge < -0.3 is 19.9 Å². The Balaban J connectivity index is 2.05. The Morgan fingerprint density at radius 2 is 1.73 bits per heavy atom. The predicted molar refractivity (Wildman–Crippen MR) is 147 cm³/mol. The highest BCUT2D eigenvalue weighted by molar-refractivity contribution is 7.92. The molecule has 0 bridgehead atoms. The van der Waals surface area contributed by atoms with Gasteiger partial charge in [0, 0.05) is 46.0 Å². The highest BCUT2D eigenvalue weighted by atomic mass is 35.5. The van der Waals surface area contributed by atoms with Crippen LogP contribution in [0.4, 0.5) is 27.9 Å². The van der Waals surface area contributed by atoms with Gasteiger partial charge in [0.15, 0.2) is 5.82 Å². The van der Waals surface area contributed by atoms with Gasteiger partial charge in [-0.25, -0.2) is 18.2 Å². The van der Waals surface area contributed by atoms with Crippen molar-refractivity contribution in [3.63, 3.8) is 0 Å². The van der Waals surface area contributed by atoms with Crippen LogP contribution < -0.4 is 19.3 Å². The van der Waals surface area contributed by atoms with Crippen LogP contribution in [0.1, 0.15) is 13.8 Å². The molecule has 0 radical (unpaired) electrons. The number of carbonyl (C=O) groups excluding carboxylic acids is 1. The molecular formula is C24H28Cl2N6O4S. The fourth-order valence-electron chi connectivity index (χ4n) is 3.24. The van der Waals surface area contributed by atoms with Gasteiger partial charge in [-0.1, -0.05) is 29.3 Å². The summed E-state index contributed by atoms with van der Waals surface area (Å²) in [6, 6.07) is 10.8. The van der Waals surface area contributed by atoms with Crippen molar-refractivity contribution in [2.45, 2.75) is 18.7 Å². The zero-order valence-corrected chi connectivity index (χ0v) is 23.4. The SMILES string of the molecule is CCN(CC)c1ncc(N(C)S(=O)(=O)c2ccc(Cl)c(Cl)c2)c(Nc2cccc(OC(=O)N(C)C)c2)n1. The second-order valence-electron chi connectivity index (χ2n) is 8.04. The van der Waals surface area contributed by atoms with E-state index in [0.29, 0.717) is 30.5 Å². The van der Waals surface area contributed by atoms with Crippen molar-refractivity contribution >= 4 is 62.5 Å². The fraction of sp³-hybridized carbons (Fsp3) is 0.292. The summed E-state index contributed by atoms with van der Waals surface area (Å²) < 4.78 is 33.3. The number of sulfonamides is 1. The normalized spacial score (nSPS) is 11.1. The molecular weight excluding hydrogens is 539 g/mol. The summed E-state index contributed by atoms with van der Waals surface area (Å²) in [5.74, 6) is 0.964. The molecule has 1 amide bonds. The number of aromatic nitrogens is 2. The fourth-order valence-corrected chi connectivity index (χ4v) is 4.82. The highest BCUT2D eigenvalue weighted by Gasteiger charge is 2.26. The van der Waals surface area contributed by atoms with Gasteiger partial charge in [0.2, 0.25) is 5.95 Å². The molecule has 1 heterocycles. The van der Waals surface area contributed by atoms with E-state index in [-0.39, 0.29) is 26.4 Å². The molecule has 2 aromatic carbocycles. The van der Waals surface area contributed by atoms with Gasteiger partial charge in [-0.3, -0.25) is 4.31 Å². The van der Waals surface area contributed by atoms with Crippen LogP contribution in [0.15, 0.2) is 53.6 Å². The first-order valence-electron chi connectivity index (χ1n) is 11.3. The number of amides is 1. The Kier molecular flexibility index (Phi) is 9.06. The van der Waals surface area contributed by atoms with Gasteiger partial charge in [-0.15, -0.1) is 0 Å². The van der Waals surface area contributed by atoms with E-state index in [9.17, 15) is 13.2 Å². The molecule has 0 fully saturated rings. The Morgan fingerprint density at radius 1 is 1.03 bits per heavy atom. The van der Waals surface area contributed by atoms with E-state index in [2.05, 4.69) is 15.3 Å². The Morgan fingerprint density at radius 3 is 2.35 bits per heavy atom. The van der Waals surface area contributed by atoms with Crippen LogP contribution in [0.5, 0.6) is 5.75 Å². The molecule has 198 valence electrons. The van der Waals surface area contributed by atoms with Crippen molar-refractivity contribution in [1.82, 2.24) is 14.9 Å². The molecule has 3 rings (SSSR count). The van der Waals surface area contributed by atoms with Crippen molar-refractivity contribution in [2.75, 3.05) is 48.8 Å². The van der Waals surface area contributed by atoms with E-state index < -0.39 is 16.1 Å². The summed E-state index contributed by atoms with van der Waals surface area (Å²) in [5, 5.41) is 3.51. The second-order valence-corrected chi connectivity index (χ2v) is 10.8. The first kappa shape index (κ1) is 28.3. The van der Waals surface area contributed by atoms with E-state index in [4.69, 9.17) is 27.9 Å². The van der Waals surface area contributed by atoms with Gasteiger partial charge in [0.05, 0.1) is 21.1 Å². The molecule has 0 aliphatic carbocycles. The molecule has 0 atom stereocenters. The van der Waals surface area contributed by atoms with Crippen LogP contribution in [0.3, 0.4) is 0 Å². The molecule has 0 saturated heterocycles. The Labute approximate surface area is 226 Å². The van der Waals surface area contributed by atoms with Gasteiger partial charge in [-0.2, -0.15) is 4.98 Å². The number of hydrogen-bond acceptors (Lipinski definition) is 8. The van der Waals surface area contributed by atoms with Gasteiger partial charge in [0.1, 0.15) is 11.4 Å². The van der Waals surface area contributed by atoms with Crippen molar-refractivity contribution < 1.29 is 17.9 Å². The molecule has 10 nitrogen and oxygen atoms in total. The molecule has 37 heavy (non-hydrogen) atoms. The van der Waals surface area contributed by atoms with E-state index in [1.54, 1.807) is 38.4 Å². The number of carbonyl (C=O) groups is 1. The third-order valence-corrected chi connectivity index (χ3v) is 7.87. The lowest BCUT2D eigenvalue weighted by Gasteiger charge is -2.25. The van der Waals surface area contributed by atoms with Crippen LogP contribution in [0.2, 0.25) is 10.0 Å². The Hall–Kier alpha value is -3.28. The highest BCUT2D eigenvalue weighted by Crippen LogP contribution is 2.33. The van der Waals surface area contributed by atoms with Crippen LogP contribution >= 0.6 is 23.2 Å². The van der Waals surface area contributed by atoms with Gasteiger partial charge in [0.25, 0.3) is 10.0 Å². The van der Waals surface area contributed by atoms with Crippen LogP contribution in [-0.4, -0.2) is 63.6 Å². The minimum absolute atomic E-state index is 0.0410. The first-order valence-corrected chi connectivity index (χ1v) is 13.5. The molecule has 0 spiro atoms. The summed E-state index contributed by atoms with van der Waals surface area (Å²) in [6.07, 6.45) is 0.907. The quantitative estimate of drug-likeness (QED) is 0.373. The van der Waals surface area contributed by atoms with E-state index in [0.717, 1.165) is 4.31 Å². The van der Waals surface area contributed by atoms with Crippen LogP contribution in [0, 0.1) is 0 Å². The smallest absolute Gasteiger partial charge is 0.410 e. The number of hydrogen-bond donors (Lipinski definition) is 1. The van der Waals surface area contributed by atoms with Crippen molar-refractivity contribution in [1.29, 1.82) is 0 Å². The number of ether oxygens (including phenoxy) is 1. The van der Waals surface area contributed by atoms with Crippen molar-refractivity contribution in [3.05, 3.63) is 58.7 Å². The minimum atomic E-state index is -4.04. The molecule has 0 saturated carbocycles. The molecule has 1 N–H and O–H groups in total. The topological polar surface area (TPSA) is 108 Å². The van der Waals surface area contributed by atoms with Crippen LogP contribution in [-0.2, 0) is 10.0 Å². The van der Waals surface area contributed by atoms with E-state index >= 15 is 0 Å². The average molecular weight is 567 g/mol. The first-order chi connectivity index (χ1) is 17.5. The standard InChI is InChI=1S/C24H28Cl2N6O4S/c1-6-32(7-2)23-27-15-21(31(5)37(34,35)18-11-12-19(25)20(26)14-18)22(29-23)28-16-9-8-10-17(13-16)36-24(33)30(3)4/h8-15H,6-7H2,1-5H3,(H,27,28,29). The zero-order valence-electron chi connectivity index (χ0n) is 21.1. The molecule has 0 aliphatic rings. The monoisotopic (exact) mass is 566 g/mol. The maximum absolute atomic E-state index is 13.4. The predicted octanol–water partition coefficient (Wildman–Crippen LogP) is 5.26. The van der Waals surface area contributed by atoms with E-state index in [1.807, 2.05) is 18.7 Å². The summed E-state index contributed by atoms with van der Waals surface area (Å²) in [7, 11) is 0.514. The third-order valence-electron chi connectivity index (χ3n) is 5.36. The van der Waals surface area contributed by atoms with Gasteiger partial charge in [-0.05, 0) is 44.2 Å². The minimum Gasteiger partial charge on any atom is -0.410 e. The molecule has 0 unspecified atom stereocenters. The lowest BCUT2D eigenvalue weighted by molar-refractivity contribution is 0.172. The third kappa shape index (κ3) is 6.54. The lowest BCUT2D eigenvalue weighted by atomic mass is 10.3. The Bertz CT molecular complexity index is 1380. The maximum Gasteiger partial charge on any atom is 0.414 e. The molecule has 0 aliphatic heterocycles. The average Bonchev–Trinajstić information content (AvgIpc) is 2.86. The number of halogens is 2. The summed E-state index contributed by atoms with van der Waals surface area (Å²) in [6.45, 7) is 5.25. The zero-order chi connectivity index (χ0) is 27.3. The number of anilines is 4. The molecule has 1 aromatic heterocycles. The van der Waals surface area contributed by atoms with Gasteiger partial charge >= 0.3 is 6.09 Å². The van der Waals surface area contributed by atoms with Crippen molar-refractivity contribution in [2.24, 2.45) is 0 Å². The van der Waals surface area contributed by atoms with E-state index in [1.165, 1.54) is 36.3 Å². The lowest BCUT2D eigenvalue weighted by Crippen LogP contribution is -2.29. The number of benzene rings is 2. The maximum atomic E-state index is 13.4. The van der Waals surface area contributed by atoms with Crippen LogP contribution in [0.25, 0.3) is 0 Å².